The summed E-state index contributed by atoms with van der Waals surface area (Å²) in [7, 11) is -3.91. The van der Waals surface area contributed by atoms with E-state index in [1.807, 2.05) is 0 Å². The van der Waals surface area contributed by atoms with E-state index in [1.54, 1.807) is 16.7 Å². The Balaban J connectivity index is 1.54. The zero-order valence-corrected chi connectivity index (χ0v) is 16.1. The van der Waals surface area contributed by atoms with E-state index < -0.39 is 15.8 Å². The number of hydrogen-bond donors (Lipinski definition) is 1. The third-order valence-corrected chi connectivity index (χ3v) is 6.07. The first kappa shape index (κ1) is 19.5. The van der Waals surface area contributed by atoms with Crippen LogP contribution < -0.4 is 10.4 Å². The highest BCUT2D eigenvalue weighted by molar-refractivity contribution is 7.89. The van der Waals surface area contributed by atoms with Crippen LogP contribution in [0, 0.1) is 11.6 Å². The van der Waals surface area contributed by atoms with E-state index in [4.69, 9.17) is 0 Å². The van der Waals surface area contributed by atoms with Gasteiger partial charge in [-0.1, -0.05) is 6.07 Å². The van der Waals surface area contributed by atoms with Gasteiger partial charge in [0.25, 0.3) is 0 Å². The van der Waals surface area contributed by atoms with E-state index in [9.17, 15) is 22.0 Å². The maximum atomic E-state index is 13.3. The first-order valence-corrected chi connectivity index (χ1v) is 10.5. The van der Waals surface area contributed by atoms with Gasteiger partial charge in [0.05, 0.1) is 11.4 Å². The lowest BCUT2D eigenvalue weighted by Crippen LogP contribution is -2.32. The quantitative estimate of drug-likeness (QED) is 0.636. The van der Waals surface area contributed by atoms with Crippen molar-refractivity contribution < 1.29 is 17.2 Å². The Hall–Kier alpha value is -2.85. The highest BCUT2D eigenvalue weighted by Gasteiger charge is 2.30. The Morgan fingerprint density at radius 1 is 1.07 bits per heavy atom. The summed E-state index contributed by atoms with van der Waals surface area (Å²) in [5.74, 6) is -0.623. The Labute approximate surface area is 165 Å². The van der Waals surface area contributed by atoms with Gasteiger partial charge in [0.2, 0.25) is 10.0 Å². The van der Waals surface area contributed by atoms with Gasteiger partial charge in [-0.25, -0.2) is 31.4 Å². The number of sulfonamides is 1. The summed E-state index contributed by atoms with van der Waals surface area (Å²) < 4.78 is 56.1. The Morgan fingerprint density at radius 3 is 2.45 bits per heavy atom. The zero-order chi connectivity index (χ0) is 20.6. The number of aromatic nitrogens is 3. The summed E-state index contributed by atoms with van der Waals surface area (Å²) in [5, 5.41) is 4.33. The average Bonchev–Trinajstić information content (AvgIpc) is 3.47. The largest absolute Gasteiger partial charge is 0.346 e. The summed E-state index contributed by atoms with van der Waals surface area (Å²) in [4.78, 5) is 12.6. The predicted molar refractivity (Wildman–Crippen MR) is 102 cm³/mol. The van der Waals surface area contributed by atoms with Crippen molar-refractivity contribution in [1.29, 1.82) is 0 Å². The molecule has 0 aliphatic heterocycles. The molecule has 3 aromatic rings. The molecule has 0 saturated heterocycles. The van der Waals surface area contributed by atoms with Crippen molar-refractivity contribution in [2.75, 3.05) is 6.54 Å². The van der Waals surface area contributed by atoms with Crippen LogP contribution in [-0.2, 0) is 16.6 Å². The van der Waals surface area contributed by atoms with Crippen LogP contribution in [0.15, 0.2) is 58.2 Å². The number of nitrogens with zero attached hydrogens (tertiary/aromatic N) is 3. The van der Waals surface area contributed by atoms with E-state index >= 15 is 0 Å². The van der Waals surface area contributed by atoms with Gasteiger partial charge in [-0.2, -0.15) is 0 Å². The highest BCUT2D eigenvalue weighted by atomic mass is 32.2. The molecule has 4 rings (SSSR count). The molecule has 0 unspecified atom stereocenters. The van der Waals surface area contributed by atoms with Crippen molar-refractivity contribution in [2.45, 2.75) is 30.3 Å². The topological polar surface area (TPSA) is 86.0 Å². The van der Waals surface area contributed by atoms with Crippen LogP contribution in [0.5, 0.6) is 0 Å². The average molecular weight is 420 g/mol. The number of benzene rings is 2. The smallest absolute Gasteiger partial charge is 0.272 e. The fourth-order valence-corrected chi connectivity index (χ4v) is 4.08. The van der Waals surface area contributed by atoms with Gasteiger partial charge < -0.3 is 0 Å². The van der Waals surface area contributed by atoms with Crippen molar-refractivity contribution in [3.05, 3.63) is 70.6 Å². The molecule has 1 saturated carbocycles. The van der Waals surface area contributed by atoms with E-state index in [-0.39, 0.29) is 35.5 Å². The third-order valence-electron chi connectivity index (χ3n) is 4.61. The Kier molecular flexibility index (Phi) is 5.05. The van der Waals surface area contributed by atoms with E-state index in [0.717, 1.165) is 25.0 Å². The SMILES string of the molecule is O=c1n(CCNS(=O)(=O)c2cccc(F)c2)nc(-c2ccc(F)cc2)n1C1CC1. The summed E-state index contributed by atoms with van der Waals surface area (Å²) >= 11 is 0. The van der Waals surface area contributed by atoms with Gasteiger partial charge in [0.1, 0.15) is 11.6 Å². The monoisotopic (exact) mass is 420 g/mol. The molecule has 0 atom stereocenters. The summed E-state index contributed by atoms with van der Waals surface area (Å²) in [6.07, 6.45) is 1.71. The lowest BCUT2D eigenvalue weighted by molar-refractivity contribution is 0.546. The van der Waals surface area contributed by atoms with Gasteiger partial charge in [0, 0.05) is 18.2 Å². The molecule has 1 fully saturated rings. The lowest BCUT2D eigenvalue weighted by Gasteiger charge is -2.06. The van der Waals surface area contributed by atoms with Crippen molar-refractivity contribution in [1.82, 2.24) is 19.1 Å². The molecule has 0 amide bonds. The maximum absolute atomic E-state index is 13.3. The van der Waals surface area contributed by atoms with Crippen molar-refractivity contribution >= 4 is 10.0 Å². The minimum atomic E-state index is -3.91. The first-order valence-electron chi connectivity index (χ1n) is 9.06. The summed E-state index contributed by atoms with van der Waals surface area (Å²) in [6.45, 7) is -0.0927. The minimum absolute atomic E-state index is 0.00128. The molecule has 0 spiro atoms. The van der Waals surface area contributed by atoms with Crippen LogP contribution in [0.2, 0.25) is 0 Å². The molecule has 1 aliphatic carbocycles. The normalized spacial score (nSPS) is 14.3. The minimum Gasteiger partial charge on any atom is -0.272 e. The molecule has 7 nitrogen and oxygen atoms in total. The van der Waals surface area contributed by atoms with E-state index in [2.05, 4.69) is 9.82 Å². The molecule has 1 aliphatic rings. The maximum Gasteiger partial charge on any atom is 0.346 e. The molecule has 2 aromatic carbocycles. The van der Waals surface area contributed by atoms with Gasteiger partial charge in [0.15, 0.2) is 5.82 Å². The highest BCUT2D eigenvalue weighted by Crippen LogP contribution is 2.36. The zero-order valence-electron chi connectivity index (χ0n) is 15.3. The summed E-state index contributed by atoms with van der Waals surface area (Å²) in [5.41, 5.74) is 0.256. The predicted octanol–water partition coefficient (Wildman–Crippen LogP) is 2.30. The van der Waals surface area contributed by atoms with Crippen LogP contribution in [0.4, 0.5) is 8.78 Å². The summed E-state index contributed by atoms with van der Waals surface area (Å²) in [6, 6.07) is 10.4. The third kappa shape index (κ3) is 4.13. The number of nitrogens with one attached hydrogen (secondary N) is 1. The van der Waals surface area contributed by atoms with Gasteiger partial charge in [-0.05, 0) is 55.3 Å². The molecule has 0 radical (unpaired) electrons. The van der Waals surface area contributed by atoms with Crippen molar-refractivity contribution in [2.24, 2.45) is 0 Å². The standard InChI is InChI=1S/C19H18F2N4O3S/c20-14-6-4-13(5-7-14)18-23-24(19(26)25(18)16-8-9-16)11-10-22-29(27,28)17-3-1-2-15(21)12-17/h1-7,12,16,22H,8-11H2. The van der Waals surface area contributed by atoms with E-state index in [0.29, 0.717) is 11.4 Å². The molecular formula is C19H18F2N4O3S. The molecule has 10 heteroatoms. The Morgan fingerprint density at radius 2 is 1.79 bits per heavy atom. The van der Waals surface area contributed by atoms with Crippen molar-refractivity contribution in [3.8, 4) is 11.4 Å². The lowest BCUT2D eigenvalue weighted by atomic mass is 10.2. The second kappa shape index (κ2) is 7.53. The fraction of sp³-hybridized carbons (Fsp3) is 0.263. The van der Waals surface area contributed by atoms with Crippen LogP contribution in [0.25, 0.3) is 11.4 Å². The molecule has 1 N–H and O–H groups in total. The molecule has 29 heavy (non-hydrogen) atoms. The van der Waals surface area contributed by atoms with Gasteiger partial charge in [-0.15, -0.1) is 5.10 Å². The number of hydrogen-bond acceptors (Lipinski definition) is 4. The van der Waals surface area contributed by atoms with Crippen LogP contribution >= 0.6 is 0 Å². The number of halogens is 2. The van der Waals surface area contributed by atoms with Crippen LogP contribution in [0.3, 0.4) is 0 Å². The molecular weight excluding hydrogens is 402 g/mol. The van der Waals surface area contributed by atoms with Crippen molar-refractivity contribution in [3.63, 3.8) is 0 Å². The first-order chi connectivity index (χ1) is 13.8. The van der Waals surface area contributed by atoms with E-state index in [1.165, 1.54) is 28.9 Å². The molecule has 1 aromatic heterocycles. The second-order valence-electron chi connectivity index (χ2n) is 6.79. The fourth-order valence-electron chi connectivity index (χ4n) is 3.03. The Bertz CT molecular complexity index is 1200. The number of rotatable bonds is 7. The van der Waals surface area contributed by atoms with Gasteiger partial charge in [-0.3, -0.25) is 4.57 Å². The van der Waals surface area contributed by atoms with Gasteiger partial charge >= 0.3 is 5.69 Å². The second-order valence-corrected chi connectivity index (χ2v) is 8.56. The molecule has 1 heterocycles. The van der Waals surface area contributed by atoms with Crippen LogP contribution in [0.1, 0.15) is 18.9 Å². The van der Waals surface area contributed by atoms with Crippen LogP contribution in [-0.4, -0.2) is 29.3 Å². The molecule has 0 bridgehead atoms. The molecule has 152 valence electrons.